The average molecular weight is 685 g/mol. The molecule has 4 aromatic carbocycles. The van der Waals surface area contributed by atoms with Gasteiger partial charge in [-0.05, 0) is 60.2 Å². The number of allylic oxidation sites excluding steroid dienone is 4. The van der Waals surface area contributed by atoms with E-state index in [9.17, 15) is 29.6 Å². The average Bonchev–Trinajstić information content (AvgIpc) is 3.39. The first-order chi connectivity index (χ1) is 24.1. The van der Waals surface area contributed by atoms with E-state index in [1.54, 1.807) is 42.5 Å². The summed E-state index contributed by atoms with van der Waals surface area (Å²) in [6.07, 6.45) is 3.54. The Morgan fingerprint density at radius 1 is 0.840 bits per heavy atom. The first-order valence-corrected chi connectivity index (χ1v) is 16.7. The van der Waals surface area contributed by atoms with E-state index in [0.29, 0.717) is 27.3 Å². The van der Waals surface area contributed by atoms with Crippen LogP contribution in [0.15, 0.2) is 121 Å². The van der Waals surface area contributed by atoms with Crippen LogP contribution in [0.25, 0.3) is 5.57 Å². The van der Waals surface area contributed by atoms with E-state index in [1.165, 1.54) is 42.5 Å². The summed E-state index contributed by atoms with van der Waals surface area (Å²) in [7, 11) is 0. The summed E-state index contributed by atoms with van der Waals surface area (Å²) in [6, 6.07) is 28.0. The number of benzene rings is 4. The molecule has 4 aliphatic rings. The highest BCUT2D eigenvalue weighted by atomic mass is 35.5. The number of nitro benzene ring substituents is 1. The molecule has 6 atom stereocenters. The molecule has 0 unspecified atom stereocenters. The fraction of sp³-hybridized carbons (Fsp3) is 0.200. The number of nitro groups is 1. The van der Waals surface area contributed by atoms with Crippen LogP contribution in [0, 0.1) is 33.8 Å². The minimum Gasteiger partial charge on any atom is -0.508 e. The molecule has 0 bridgehead atoms. The topological polar surface area (TPSA) is 135 Å². The van der Waals surface area contributed by atoms with Crippen LogP contribution in [-0.2, 0) is 24.6 Å². The zero-order valence-corrected chi connectivity index (χ0v) is 27.2. The van der Waals surface area contributed by atoms with E-state index in [1.807, 2.05) is 30.3 Å². The van der Waals surface area contributed by atoms with Gasteiger partial charge in [-0.25, -0.2) is 4.90 Å². The van der Waals surface area contributed by atoms with Crippen LogP contribution in [0.1, 0.15) is 35.4 Å². The lowest BCUT2D eigenvalue weighted by Gasteiger charge is -2.55. The normalized spacial score (nSPS) is 27.2. The van der Waals surface area contributed by atoms with Gasteiger partial charge in [-0.1, -0.05) is 90.0 Å². The van der Waals surface area contributed by atoms with Crippen LogP contribution in [0.4, 0.5) is 11.4 Å². The Bertz CT molecular complexity index is 2200. The number of amides is 2. The number of carbonyl (C=O) groups excluding carboxylic acids is 4. The molecule has 4 aromatic rings. The van der Waals surface area contributed by atoms with Crippen LogP contribution >= 0.6 is 11.6 Å². The van der Waals surface area contributed by atoms with Crippen LogP contribution < -0.4 is 4.90 Å². The van der Waals surface area contributed by atoms with Gasteiger partial charge in [0.25, 0.3) is 5.69 Å². The molecule has 0 aromatic heterocycles. The number of hydrogen-bond donors (Lipinski definition) is 1. The van der Waals surface area contributed by atoms with Crippen LogP contribution in [-0.4, -0.2) is 33.4 Å². The molecule has 1 aliphatic heterocycles. The third kappa shape index (κ3) is 4.53. The SMILES string of the molecule is O=C1C(c2ccccc2)=CC(=O)[C@@]2(c3ccccc3)[C@@H](c3cc(Cl)ccc3O)C3=CC[C@@H]4C(=O)N(c5cccc([N+](=O)[O-])c5)C(=O)[C@@H]4[C@@H]3C[C@@H]12. The number of aromatic hydroxyl groups is 1. The Morgan fingerprint density at radius 2 is 1.56 bits per heavy atom. The van der Waals surface area contributed by atoms with Crippen molar-refractivity contribution in [1.29, 1.82) is 0 Å². The van der Waals surface area contributed by atoms with Crippen molar-refractivity contribution in [3.05, 3.63) is 153 Å². The van der Waals surface area contributed by atoms with E-state index in [-0.39, 0.29) is 47.1 Å². The molecular weight excluding hydrogens is 656 g/mol. The predicted molar refractivity (Wildman–Crippen MR) is 185 cm³/mol. The van der Waals surface area contributed by atoms with Gasteiger partial charge >= 0.3 is 0 Å². The zero-order valence-electron chi connectivity index (χ0n) is 26.4. The maximum absolute atomic E-state index is 15.0. The van der Waals surface area contributed by atoms with E-state index in [4.69, 9.17) is 11.6 Å². The van der Waals surface area contributed by atoms with Gasteiger partial charge in [-0.2, -0.15) is 0 Å². The van der Waals surface area contributed by atoms with Crippen molar-refractivity contribution in [3.8, 4) is 5.75 Å². The Hall–Kier alpha value is -5.67. The highest BCUT2D eigenvalue weighted by molar-refractivity contribution is 6.32. The first kappa shape index (κ1) is 31.6. The molecule has 3 aliphatic carbocycles. The minimum absolute atomic E-state index is 0.0796. The molecular formula is C40H29ClN2O7. The summed E-state index contributed by atoms with van der Waals surface area (Å²) in [6.45, 7) is 0. The van der Waals surface area contributed by atoms with Gasteiger partial charge in [0.1, 0.15) is 5.75 Å². The van der Waals surface area contributed by atoms with Crippen LogP contribution in [0.3, 0.4) is 0 Å². The molecule has 9 nitrogen and oxygen atoms in total. The number of nitrogens with zero attached hydrogens (tertiary/aromatic N) is 2. The second kappa shape index (κ2) is 11.7. The maximum Gasteiger partial charge on any atom is 0.271 e. The number of fused-ring (bicyclic) bond motifs is 4. The number of phenols is 1. The summed E-state index contributed by atoms with van der Waals surface area (Å²) >= 11 is 6.55. The van der Waals surface area contributed by atoms with Crippen LogP contribution in [0.2, 0.25) is 5.02 Å². The lowest BCUT2D eigenvalue weighted by Crippen LogP contribution is -2.58. The van der Waals surface area contributed by atoms with Crippen molar-refractivity contribution >= 4 is 51.9 Å². The Kier molecular flexibility index (Phi) is 7.42. The molecule has 1 saturated heterocycles. The molecule has 0 spiro atoms. The fourth-order valence-electron chi connectivity index (χ4n) is 8.98. The van der Waals surface area contributed by atoms with Gasteiger partial charge in [0.15, 0.2) is 11.6 Å². The van der Waals surface area contributed by atoms with Gasteiger partial charge in [-0.3, -0.25) is 29.3 Å². The number of phenolic OH excluding ortho intramolecular Hbond substituents is 1. The number of hydrogen-bond acceptors (Lipinski definition) is 7. The maximum atomic E-state index is 15.0. The summed E-state index contributed by atoms with van der Waals surface area (Å²) in [5.74, 6) is -6.00. The molecule has 1 N–H and O–H groups in total. The Morgan fingerprint density at radius 3 is 2.28 bits per heavy atom. The summed E-state index contributed by atoms with van der Waals surface area (Å²) in [5, 5.41) is 23.4. The summed E-state index contributed by atoms with van der Waals surface area (Å²) in [5.41, 5.74) is 0.764. The number of halogens is 1. The highest BCUT2D eigenvalue weighted by Crippen LogP contribution is 2.64. The van der Waals surface area contributed by atoms with Gasteiger partial charge < -0.3 is 5.11 Å². The second-order valence-corrected chi connectivity index (χ2v) is 13.7. The van der Waals surface area contributed by atoms with E-state index < -0.39 is 51.7 Å². The van der Waals surface area contributed by atoms with Crippen molar-refractivity contribution in [2.24, 2.45) is 23.7 Å². The first-order valence-electron chi connectivity index (χ1n) is 16.3. The van der Waals surface area contributed by atoms with Crippen molar-refractivity contribution < 1.29 is 29.2 Å². The third-order valence-corrected chi connectivity index (χ3v) is 11.2. The van der Waals surface area contributed by atoms with Gasteiger partial charge in [0.05, 0.1) is 27.9 Å². The Balaban J connectivity index is 1.36. The number of non-ortho nitro benzene ring substituents is 1. The zero-order chi connectivity index (χ0) is 34.9. The lowest BCUT2D eigenvalue weighted by molar-refractivity contribution is -0.384. The van der Waals surface area contributed by atoms with Crippen molar-refractivity contribution in [1.82, 2.24) is 0 Å². The molecule has 1 heterocycles. The molecule has 10 heteroatoms. The van der Waals surface area contributed by atoms with Crippen LogP contribution in [0.5, 0.6) is 5.75 Å². The molecule has 0 radical (unpaired) electrons. The van der Waals surface area contributed by atoms with Crippen molar-refractivity contribution in [2.75, 3.05) is 4.90 Å². The Labute approximate surface area is 291 Å². The highest BCUT2D eigenvalue weighted by Gasteiger charge is 2.66. The second-order valence-electron chi connectivity index (χ2n) is 13.3. The van der Waals surface area contributed by atoms with Gasteiger partial charge in [-0.15, -0.1) is 0 Å². The summed E-state index contributed by atoms with van der Waals surface area (Å²) < 4.78 is 0. The van der Waals surface area contributed by atoms with E-state index in [2.05, 4.69) is 0 Å². The molecule has 1 saturated carbocycles. The number of carbonyl (C=O) groups is 4. The third-order valence-electron chi connectivity index (χ3n) is 11.0. The minimum atomic E-state index is -1.51. The predicted octanol–water partition coefficient (Wildman–Crippen LogP) is 6.98. The monoisotopic (exact) mass is 684 g/mol. The van der Waals surface area contributed by atoms with Crippen molar-refractivity contribution in [3.63, 3.8) is 0 Å². The van der Waals surface area contributed by atoms with E-state index in [0.717, 1.165) is 4.90 Å². The smallest absolute Gasteiger partial charge is 0.271 e. The molecule has 2 amide bonds. The van der Waals surface area contributed by atoms with Gasteiger partial charge in [0.2, 0.25) is 11.8 Å². The molecule has 50 heavy (non-hydrogen) atoms. The van der Waals surface area contributed by atoms with Gasteiger partial charge in [0, 0.05) is 40.1 Å². The van der Waals surface area contributed by atoms with Crippen molar-refractivity contribution in [2.45, 2.75) is 24.2 Å². The number of ketones is 2. The molecule has 248 valence electrons. The number of Topliss-reactive ketones (excluding diaryl/α,β-unsaturated/α-hetero) is 1. The quantitative estimate of drug-likeness (QED) is 0.104. The number of anilines is 1. The number of imide groups is 1. The standard InChI is InChI=1S/C40H29ClN2O7/c41-24-14-17-33(44)31(18-24)36-27-15-16-28-35(39(48)42(38(28)47)25-12-7-13-26(19-25)43(49)50)30(27)20-32-37(46)29(22-8-3-1-4-9-22)21-34(45)40(32,36)23-10-5-2-6-11-23/h1-15,17-19,21,28,30,32,35-36,44H,16,20H2/t28-,30+,32-,35-,36+,40-/m0/s1. The fourth-order valence-corrected chi connectivity index (χ4v) is 9.16. The largest absolute Gasteiger partial charge is 0.508 e. The molecule has 8 rings (SSSR count). The van der Waals surface area contributed by atoms with E-state index >= 15 is 4.79 Å². The lowest BCUT2D eigenvalue weighted by atomic mass is 9.44. The number of rotatable bonds is 5. The summed E-state index contributed by atoms with van der Waals surface area (Å²) in [4.78, 5) is 70.5. The molecule has 2 fully saturated rings.